The molecular formula is C10H15N. The summed E-state index contributed by atoms with van der Waals surface area (Å²) in [7, 11) is 0. The molecule has 0 spiro atoms. The molecule has 0 bridgehead atoms. The van der Waals surface area contributed by atoms with Crippen molar-refractivity contribution in [3.05, 3.63) is 48.2 Å². The van der Waals surface area contributed by atoms with Crippen LogP contribution in [0.1, 0.15) is 13.8 Å². The summed E-state index contributed by atoms with van der Waals surface area (Å²) in [5.41, 5.74) is 8.23. The van der Waals surface area contributed by atoms with Crippen molar-refractivity contribution >= 4 is 0 Å². The van der Waals surface area contributed by atoms with Crippen LogP contribution in [-0.4, -0.2) is 0 Å². The third-order valence-electron chi connectivity index (χ3n) is 1.46. The van der Waals surface area contributed by atoms with Gasteiger partial charge in [0.15, 0.2) is 0 Å². The Balaban J connectivity index is 4.46. The molecule has 0 unspecified atom stereocenters. The molecule has 0 rings (SSSR count). The molecular weight excluding hydrogens is 134 g/mol. The molecule has 0 radical (unpaired) electrons. The molecule has 2 N–H and O–H groups in total. The Labute approximate surface area is 68.6 Å². The Bertz CT molecular complexity index is 219. The highest BCUT2D eigenvalue weighted by Gasteiger charge is 1.90. The van der Waals surface area contributed by atoms with Crippen molar-refractivity contribution in [2.24, 2.45) is 5.73 Å². The first-order chi connectivity index (χ1) is 5.11. The predicted octanol–water partition coefficient (Wildman–Crippen LogP) is 2.54. The highest BCUT2D eigenvalue weighted by atomic mass is 14.6. The van der Waals surface area contributed by atoms with Crippen LogP contribution >= 0.6 is 0 Å². The molecule has 0 aliphatic heterocycles. The quantitative estimate of drug-likeness (QED) is 0.613. The zero-order chi connectivity index (χ0) is 8.85. The average Bonchev–Trinajstić information content (AvgIpc) is 2.02. The van der Waals surface area contributed by atoms with Crippen molar-refractivity contribution in [3.63, 3.8) is 0 Å². The van der Waals surface area contributed by atoms with Gasteiger partial charge in [0, 0.05) is 5.70 Å². The predicted molar refractivity (Wildman–Crippen MR) is 51.0 cm³/mol. The molecule has 0 atom stereocenters. The van der Waals surface area contributed by atoms with Gasteiger partial charge in [0.05, 0.1) is 0 Å². The summed E-state index contributed by atoms with van der Waals surface area (Å²) in [5, 5.41) is 0. The Morgan fingerprint density at radius 2 is 2.00 bits per heavy atom. The molecule has 0 aromatic rings. The topological polar surface area (TPSA) is 26.0 Å². The van der Waals surface area contributed by atoms with Gasteiger partial charge in [-0.05, 0) is 25.5 Å². The zero-order valence-corrected chi connectivity index (χ0v) is 7.22. The lowest BCUT2D eigenvalue weighted by atomic mass is 10.1. The SMILES string of the molecule is C=CC(=C)/C(N)=C/C(C)=C\C. The van der Waals surface area contributed by atoms with Crippen molar-refractivity contribution in [2.75, 3.05) is 0 Å². The monoisotopic (exact) mass is 149 g/mol. The highest BCUT2D eigenvalue weighted by Crippen LogP contribution is 2.05. The molecule has 0 aliphatic rings. The van der Waals surface area contributed by atoms with E-state index in [2.05, 4.69) is 13.2 Å². The van der Waals surface area contributed by atoms with Gasteiger partial charge in [-0.25, -0.2) is 0 Å². The van der Waals surface area contributed by atoms with Crippen LogP contribution in [0.5, 0.6) is 0 Å². The lowest BCUT2D eigenvalue weighted by Gasteiger charge is -1.99. The van der Waals surface area contributed by atoms with Crippen LogP contribution in [-0.2, 0) is 0 Å². The summed E-state index contributed by atoms with van der Waals surface area (Å²) in [6.07, 6.45) is 5.52. The number of nitrogens with two attached hydrogens (primary N) is 1. The largest absolute Gasteiger partial charge is 0.398 e. The fourth-order valence-corrected chi connectivity index (χ4v) is 0.539. The number of rotatable bonds is 3. The van der Waals surface area contributed by atoms with Gasteiger partial charge in [0.1, 0.15) is 0 Å². The summed E-state index contributed by atoms with van der Waals surface area (Å²) in [4.78, 5) is 0. The van der Waals surface area contributed by atoms with Crippen molar-refractivity contribution < 1.29 is 0 Å². The Morgan fingerprint density at radius 1 is 1.45 bits per heavy atom. The van der Waals surface area contributed by atoms with E-state index in [1.54, 1.807) is 6.08 Å². The molecule has 0 saturated carbocycles. The van der Waals surface area contributed by atoms with Crippen LogP contribution in [0.4, 0.5) is 0 Å². The van der Waals surface area contributed by atoms with E-state index in [1.165, 1.54) is 0 Å². The molecule has 0 aliphatic carbocycles. The first kappa shape index (κ1) is 9.76. The maximum atomic E-state index is 5.65. The third-order valence-corrected chi connectivity index (χ3v) is 1.46. The van der Waals surface area contributed by atoms with E-state index in [9.17, 15) is 0 Å². The average molecular weight is 149 g/mol. The highest BCUT2D eigenvalue weighted by molar-refractivity contribution is 5.38. The van der Waals surface area contributed by atoms with Gasteiger partial charge >= 0.3 is 0 Å². The van der Waals surface area contributed by atoms with E-state index in [0.717, 1.165) is 11.1 Å². The minimum absolute atomic E-state index is 0.676. The first-order valence-corrected chi connectivity index (χ1v) is 3.53. The zero-order valence-electron chi connectivity index (χ0n) is 7.22. The molecule has 60 valence electrons. The van der Waals surface area contributed by atoms with Crippen molar-refractivity contribution in [2.45, 2.75) is 13.8 Å². The molecule has 0 aromatic carbocycles. The summed E-state index contributed by atoms with van der Waals surface area (Å²) >= 11 is 0. The van der Waals surface area contributed by atoms with Crippen molar-refractivity contribution in [1.82, 2.24) is 0 Å². The van der Waals surface area contributed by atoms with Gasteiger partial charge in [-0.1, -0.05) is 30.9 Å². The van der Waals surface area contributed by atoms with Gasteiger partial charge in [0.25, 0.3) is 0 Å². The molecule has 0 amide bonds. The fourth-order valence-electron chi connectivity index (χ4n) is 0.539. The van der Waals surface area contributed by atoms with E-state index in [0.29, 0.717) is 5.70 Å². The molecule has 1 heteroatoms. The van der Waals surface area contributed by atoms with Crippen LogP contribution in [0, 0.1) is 0 Å². The molecule has 1 nitrogen and oxygen atoms in total. The second-order valence-electron chi connectivity index (χ2n) is 2.36. The summed E-state index contributed by atoms with van der Waals surface area (Å²) in [5.74, 6) is 0. The number of hydrogen-bond acceptors (Lipinski definition) is 1. The van der Waals surface area contributed by atoms with E-state index in [4.69, 9.17) is 5.73 Å². The second kappa shape index (κ2) is 4.56. The maximum absolute atomic E-state index is 5.65. The molecule has 0 aromatic heterocycles. The van der Waals surface area contributed by atoms with Crippen LogP contribution in [0.15, 0.2) is 48.2 Å². The standard InChI is InChI=1S/C10H15N/c1-5-8(3)7-10(11)9(4)6-2/h5-7H,2,4,11H2,1,3H3/b8-5-,10-7-. The number of allylic oxidation sites excluding steroid dienone is 4. The van der Waals surface area contributed by atoms with Crippen LogP contribution < -0.4 is 5.73 Å². The number of hydrogen-bond donors (Lipinski definition) is 1. The Kier molecular flexibility index (Phi) is 4.04. The Hall–Kier alpha value is -1.24. The third kappa shape index (κ3) is 3.46. The van der Waals surface area contributed by atoms with Crippen LogP contribution in [0.2, 0.25) is 0 Å². The smallest absolute Gasteiger partial charge is 0.0383 e. The maximum Gasteiger partial charge on any atom is 0.0383 e. The molecule has 11 heavy (non-hydrogen) atoms. The Morgan fingerprint density at radius 3 is 2.36 bits per heavy atom. The van der Waals surface area contributed by atoms with Gasteiger partial charge < -0.3 is 5.73 Å². The van der Waals surface area contributed by atoms with Gasteiger partial charge in [-0.2, -0.15) is 0 Å². The van der Waals surface area contributed by atoms with Gasteiger partial charge in [0.2, 0.25) is 0 Å². The second-order valence-corrected chi connectivity index (χ2v) is 2.36. The normalized spacial score (nSPS) is 12.9. The van der Waals surface area contributed by atoms with E-state index < -0.39 is 0 Å². The lowest BCUT2D eigenvalue weighted by molar-refractivity contribution is 1.33. The summed E-state index contributed by atoms with van der Waals surface area (Å²) < 4.78 is 0. The minimum Gasteiger partial charge on any atom is -0.398 e. The minimum atomic E-state index is 0.676. The molecule has 0 fully saturated rings. The van der Waals surface area contributed by atoms with E-state index in [1.807, 2.05) is 26.0 Å². The molecule has 0 saturated heterocycles. The summed E-state index contributed by atoms with van der Waals surface area (Å²) in [6.45, 7) is 11.3. The van der Waals surface area contributed by atoms with Gasteiger partial charge in [-0.15, -0.1) is 0 Å². The van der Waals surface area contributed by atoms with Crippen LogP contribution in [0.25, 0.3) is 0 Å². The summed E-state index contributed by atoms with van der Waals surface area (Å²) in [6, 6.07) is 0. The first-order valence-electron chi connectivity index (χ1n) is 3.53. The lowest BCUT2D eigenvalue weighted by Crippen LogP contribution is -1.98. The molecule has 0 heterocycles. The van der Waals surface area contributed by atoms with Crippen LogP contribution in [0.3, 0.4) is 0 Å². The fraction of sp³-hybridized carbons (Fsp3) is 0.200. The van der Waals surface area contributed by atoms with Crippen molar-refractivity contribution in [1.29, 1.82) is 0 Å². The van der Waals surface area contributed by atoms with E-state index >= 15 is 0 Å². The van der Waals surface area contributed by atoms with Crippen molar-refractivity contribution in [3.8, 4) is 0 Å². The van der Waals surface area contributed by atoms with Gasteiger partial charge in [-0.3, -0.25) is 0 Å². The van der Waals surface area contributed by atoms with E-state index in [-0.39, 0.29) is 0 Å².